The molecule has 1 aromatic carbocycles. The van der Waals surface area contributed by atoms with Crippen molar-refractivity contribution in [2.45, 2.75) is 40.0 Å². The van der Waals surface area contributed by atoms with Crippen molar-refractivity contribution in [3.05, 3.63) is 68.9 Å². The molecule has 1 atom stereocenters. The quantitative estimate of drug-likeness (QED) is 0.763. The van der Waals surface area contributed by atoms with E-state index < -0.39 is 16.9 Å². The second kappa shape index (κ2) is 8.81. The molecule has 1 N–H and O–H groups in total. The number of likely N-dealkylation sites (tertiary alicyclic amines) is 1. The van der Waals surface area contributed by atoms with Gasteiger partial charge in [0, 0.05) is 18.8 Å². The number of aromatic nitrogens is 1. The lowest BCUT2D eigenvalue weighted by Crippen LogP contribution is -2.52. The highest BCUT2D eigenvalue weighted by molar-refractivity contribution is 5.94. The molecule has 0 bridgehead atoms. The van der Waals surface area contributed by atoms with E-state index in [4.69, 9.17) is 4.74 Å². The largest absolute Gasteiger partial charge is 0.466 e. The molecule has 2 heterocycles. The molecular formula is C23H27FN2O4. The number of nitrogens with zero attached hydrogens (tertiary/aromatic N) is 1. The Labute approximate surface area is 175 Å². The fourth-order valence-corrected chi connectivity index (χ4v) is 4.02. The molecular weight excluding hydrogens is 387 g/mol. The second-order valence-electron chi connectivity index (χ2n) is 7.95. The van der Waals surface area contributed by atoms with Crippen molar-refractivity contribution < 1.29 is 18.7 Å². The monoisotopic (exact) mass is 414 g/mol. The van der Waals surface area contributed by atoms with Crippen LogP contribution in [0.1, 0.15) is 46.9 Å². The highest BCUT2D eigenvalue weighted by Crippen LogP contribution is 2.36. The van der Waals surface area contributed by atoms with E-state index >= 15 is 0 Å². The van der Waals surface area contributed by atoms with Crippen LogP contribution in [0.4, 0.5) is 4.39 Å². The summed E-state index contributed by atoms with van der Waals surface area (Å²) in [6.07, 6.45) is 1.49. The molecule has 0 aliphatic carbocycles. The zero-order valence-corrected chi connectivity index (χ0v) is 17.6. The smallest absolute Gasteiger partial charge is 0.314 e. The Hall–Kier alpha value is -2.96. The van der Waals surface area contributed by atoms with Crippen molar-refractivity contribution in [1.82, 2.24) is 9.88 Å². The number of pyridine rings is 1. The number of esters is 1. The first-order valence-electron chi connectivity index (χ1n) is 10.2. The Bertz CT molecular complexity index is 999. The van der Waals surface area contributed by atoms with Crippen LogP contribution in [0.25, 0.3) is 0 Å². The topological polar surface area (TPSA) is 79.5 Å². The van der Waals surface area contributed by atoms with Gasteiger partial charge >= 0.3 is 5.97 Å². The van der Waals surface area contributed by atoms with Crippen LogP contribution in [-0.2, 0) is 16.0 Å². The van der Waals surface area contributed by atoms with Crippen LogP contribution in [0, 0.1) is 25.1 Å². The molecule has 1 aromatic heterocycles. The molecule has 0 saturated carbocycles. The van der Waals surface area contributed by atoms with Gasteiger partial charge in [-0.1, -0.05) is 12.1 Å². The number of ether oxygens (including phenoxy) is 1. The molecule has 1 saturated heterocycles. The van der Waals surface area contributed by atoms with Crippen LogP contribution in [0.3, 0.4) is 0 Å². The minimum Gasteiger partial charge on any atom is -0.466 e. The molecule has 6 nitrogen and oxygen atoms in total. The molecule has 1 fully saturated rings. The number of piperidine rings is 1. The van der Waals surface area contributed by atoms with Crippen LogP contribution >= 0.6 is 0 Å². The van der Waals surface area contributed by atoms with Gasteiger partial charge in [-0.3, -0.25) is 14.4 Å². The summed E-state index contributed by atoms with van der Waals surface area (Å²) in [5.74, 6) is -1.12. The van der Waals surface area contributed by atoms with Crippen LogP contribution < -0.4 is 5.56 Å². The summed E-state index contributed by atoms with van der Waals surface area (Å²) >= 11 is 0. The van der Waals surface area contributed by atoms with Gasteiger partial charge in [0.1, 0.15) is 11.4 Å². The van der Waals surface area contributed by atoms with E-state index in [9.17, 15) is 18.8 Å². The zero-order valence-electron chi connectivity index (χ0n) is 17.6. The summed E-state index contributed by atoms with van der Waals surface area (Å²) in [5, 5.41) is 0. The normalized spacial score (nSPS) is 18.9. The van der Waals surface area contributed by atoms with Gasteiger partial charge in [-0.25, -0.2) is 4.39 Å². The number of nitrogens with one attached hydrogen (secondary N) is 1. The minimum atomic E-state index is -0.936. The molecule has 0 radical (unpaired) electrons. The fourth-order valence-electron chi connectivity index (χ4n) is 4.02. The van der Waals surface area contributed by atoms with Crippen LogP contribution in [0.5, 0.6) is 0 Å². The highest BCUT2D eigenvalue weighted by Gasteiger charge is 2.45. The predicted molar refractivity (Wildman–Crippen MR) is 111 cm³/mol. The lowest BCUT2D eigenvalue weighted by Gasteiger charge is -2.41. The first kappa shape index (κ1) is 21.7. The first-order valence-corrected chi connectivity index (χ1v) is 10.2. The van der Waals surface area contributed by atoms with Crippen molar-refractivity contribution in [2.24, 2.45) is 5.41 Å². The molecule has 30 heavy (non-hydrogen) atoms. The van der Waals surface area contributed by atoms with E-state index in [0.717, 1.165) is 11.1 Å². The molecule has 160 valence electrons. The van der Waals surface area contributed by atoms with E-state index in [0.29, 0.717) is 31.5 Å². The Morgan fingerprint density at radius 2 is 1.93 bits per heavy atom. The summed E-state index contributed by atoms with van der Waals surface area (Å²) < 4.78 is 18.7. The van der Waals surface area contributed by atoms with Crippen LogP contribution in [-0.4, -0.2) is 41.5 Å². The van der Waals surface area contributed by atoms with E-state index in [-0.39, 0.29) is 30.5 Å². The number of aryl methyl sites for hydroxylation is 2. The number of amides is 1. The van der Waals surface area contributed by atoms with E-state index in [2.05, 4.69) is 4.98 Å². The average molecular weight is 414 g/mol. The van der Waals surface area contributed by atoms with E-state index in [1.807, 2.05) is 6.92 Å². The van der Waals surface area contributed by atoms with Gasteiger partial charge in [0.05, 0.1) is 12.0 Å². The molecule has 3 rings (SSSR count). The maximum Gasteiger partial charge on any atom is 0.314 e. The van der Waals surface area contributed by atoms with Crippen LogP contribution in [0.15, 0.2) is 35.1 Å². The van der Waals surface area contributed by atoms with Crippen molar-refractivity contribution in [3.8, 4) is 0 Å². The van der Waals surface area contributed by atoms with E-state index in [1.165, 1.54) is 12.1 Å². The zero-order chi connectivity index (χ0) is 21.9. The Balaban J connectivity index is 1.92. The summed E-state index contributed by atoms with van der Waals surface area (Å²) in [4.78, 5) is 42.7. The number of benzene rings is 1. The lowest BCUT2D eigenvalue weighted by molar-refractivity contribution is -0.158. The number of halogens is 1. The Morgan fingerprint density at radius 3 is 2.60 bits per heavy atom. The van der Waals surface area contributed by atoms with Gasteiger partial charge in [0.2, 0.25) is 0 Å². The molecule has 7 heteroatoms. The number of carbonyl (C=O) groups is 2. The van der Waals surface area contributed by atoms with Crippen molar-refractivity contribution >= 4 is 11.9 Å². The van der Waals surface area contributed by atoms with Crippen molar-refractivity contribution in [2.75, 3.05) is 19.7 Å². The van der Waals surface area contributed by atoms with Crippen molar-refractivity contribution in [3.63, 3.8) is 0 Å². The molecule has 1 unspecified atom stereocenters. The number of hydrogen-bond donors (Lipinski definition) is 1. The highest BCUT2D eigenvalue weighted by atomic mass is 19.1. The number of carbonyl (C=O) groups excluding carboxylic acids is 2. The van der Waals surface area contributed by atoms with E-state index in [1.54, 1.807) is 36.9 Å². The summed E-state index contributed by atoms with van der Waals surface area (Å²) in [7, 11) is 0. The standard InChI is InChI=1S/C23H27FN2O4/c1-4-30-22(29)23(13-17-6-8-18(24)9-7-17)10-5-11-26(14-23)21(28)19-12-15(2)16(3)25-20(19)27/h6-9,12H,4-5,10-11,13-14H2,1-3H3,(H,25,27). The SMILES string of the molecule is CCOC(=O)C1(Cc2ccc(F)cc2)CCCN(C(=O)c2cc(C)c(C)[nH]c2=O)C1. The number of rotatable bonds is 5. The summed E-state index contributed by atoms with van der Waals surface area (Å²) in [6, 6.07) is 7.59. The molecule has 1 aliphatic heterocycles. The van der Waals surface area contributed by atoms with Gasteiger partial charge in [0.15, 0.2) is 0 Å². The fraction of sp³-hybridized carbons (Fsp3) is 0.435. The van der Waals surface area contributed by atoms with Gasteiger partial charge < -0.3 is 14.6 Å². The lowest BCUT2D eigenvalue weighted by atomic mass is 9.75. The van der Waals surface area contributed by atoms with Crippen molar-refractivity contribution in [1.29, 1.82) is 0 Å². The third-order valence-electron chi connectivity index (χ3n) is 5.76. The predicted octanol–water partition coefficient (Wildman–Crippen LogP) is 3.16. The summed E-state index contributed by atoms with van der Waals surface area (Å²) in [5.41, 5.74) is 1.02. The number of aromatic amines is 1. The maximum absolute atomic E-state index is 13.3. The van der Waals surface area contributed by atoms with Gasteiger partial charge in [0.25, 0.3) is 11.5 Å². The number of hydrogen-bond acceptors (Lipinski definition) is 4. The van der Waals surface area contributed by atoms with Crippen LogP contribution in [0.2, 0.25) is 0 Å². The minimum absolute atomic E-state index is 0.0690. The number of H-pyrrole nitrogens is 1. The third-order valence-corrected chi connectivity index (χ3v) is 5.76. The van der Waals surface area contributed by atoms with Gasteiger partial charge in [-0.05, 0) is 69.4 Å². The Morgan fingerprint density at radius 1 is 1.23 bits per heavy atom. The van der Waals surface area contributed by atoms with Gasteiger partial charge in [-0.2, -0.15) is 0 Å². The molecule has 1 amide bonds. The summed E-state index contributed by atoms with van der Waals surface area (Å²) in [6.45, 7) is 6.18. The van der Waals surface area contributed by atoms with Gasteiger partial charge in [-0.15, -0.1) is 0 Å². The third kappa shape index (κ3) is 4.45. The molecule has 2 aromatic rings. The maximum atomic E-state index is 13.3. The molecule has 0 spiro atoms. The average Bonchev–Trinajstić information content (AvgIpc) is 2.72. The second-order valence-corrected chi connectivity index (χ2v) is 7.95. The Kier molecular flexibility index (Phi) is 6.39. The first-order chi connectivity index (χ1) is 14.3. The molecule has 1 aliphatic rings.